The van der Waals surface area contributed by atoms with Gasteiger partial charge in [0.2, 0.25) is 5.91 Å². The van der Waals surface area contributed by atoms with Crippen molar-refractivity contribution < 1.29 is 14.3 Å². The van der Waals surface area contributed by atoms with Crippen LogP contribution in [0.15, 0.2) is 0 Å². The Morgan fingerprint density at radius 2 is 1.79 bits per heavy atom. The first kappa shape index (κ1) is 16.0. The van der Waals surface area contributed by atoms with E-state index in [1.54, 1.807) is 0 Å². The number of carbonyl (C=O) groups is 2. The van der Waals surface area contributed by atoms with E-state index in [0.29, 0.717) is 19.5 Å². The van der Waals surface area contributed by atoms with Gasteiger partial charge in [-0.15, -0.1) is 0 Å². The van der Waals surface area contributed by atoms with Crippen molar-refractivity contribution in [1.82, 2.24) is 9.80 Å². The van der Waals surface area contributed by atoms with Gasteiger partial charge in [-0.3, -0.25) is 14.5 Å². The second-order valence-corrected chi connectivity index (χ2v) is 6.16. The Balaban J connectivity index is 2.21. The molecule has 1 saturated heterocycles. The minimum absolute atomic E-state index is 0.157. The fourth-order valence-electron chi connectivity index (χ4n) is 2.05. The molecule has 1 heterocycles. The van der Waals surface area contributed by atoms with Crippen LogP contribution in [-0.2, 0) is 14.3 Å². The predicted octanol–water partition coefficient (Wildman–Crippen LogP) is 1.27. The van der Waals surface area contributed by atoms with E-state index >= 15 is 0 Å². The molecule has 0 atom stereocenters. The van der Waals surface area contributed by atoms with E-state index in [2.05, 4.69) is 0 Å². The maximum absolute atomic E-state index is 11.9. The van der Waals surface area contributed by atoms with Crippen molar-refractivity contribution in [2.24, 2.45) is 0 Å². The summed E-state index contributed by atoms with van der Waals surface area (Å²) in [4.78, 5) is 27.2. The molecule has 0 N–H and O–H groups in total. The van der Waals surface area contributed by atoms with Crippen molar-refractivity contribution in [1.29, 1.82) is 0 Å². The van der Waals surface area contributed by atoms with Gasteiger partial charge in [-0.25, -0.2) is 0 Å². The van der Waals surface area contributed by atoms with Crippen molar-refractivity contribution in [3.63, 3.8) is 0 Å². The molecule has 19 heavy (non-hydrogen) atoms. The summed E-state index contributed by atoms with van der Waals surface area (Å²) in [5.41, 5.74) is -0.443. The van der Waals surface area contributed by atoms with Crippen molar-refractivity contribution >= 4 is 11.9 Å². The number of rotatable bonds is 5. The Hall–Kier alpha value is -1.10. The quantitative estimate of drug-likeness (QED) is 0.706. The Morgan fingerprint density at radius 1 is 1.21 bits per heavy atom. The third-order valence-electron chi connectivity index (χ3n) is 2.98. The number of amides is 1. The minimum atomic E-state index is -0.443. The smallest absolute Gasteiger partial charge is 0.307 e. The fourth-order valence-corrected chi connectivity index (χ4v) is 2.05. The molecule has 5 nitrogen and oxygen atoms in total. The van der Waals surface area contributed by atoms with E-state index in [1.165, 1.54) is 0 Å². The monoisotopic (exact) mass is 270 g/mol. The molecule has 0 unspecified atom stereocenters. The highest BCUT2D eigenvalue weighted by Crippen LogP contribution is 2.09. The lowest BCUT2D eigenvalue weighted by Crippen LogP contribution is -2.38. The summed E-state index contributed by atoms with van der Waals surface area (Å²) >= 11 is 0. The van der Waals surface area contributed by atoms with Crippen LogP contribution in [-0.4, -0.2) is 60.5 Å². The molecule has 0 aromatic rings. The van der Waals surface area contributed by atoms with Crippen LogP contribution in [0.25, 0.3) is 0 Å². The molecule has 1 rings (SSSR count). The van der Waals surface area contributed by atoms with Gasteiger partial charge in [-0.1, -0.05) is 0 Å². The molecule has 1 aliphatic heterocycles. The fraction of sp³-hybridized carbons (Fsp3) is 0.857. The number of likely N-dealkylation sites (N-methyl/N-ethyl adjacent to an activating group) is 1. The second kappa shape index (κ2) is 6.89. The summed E-state index contributed by atoms with van der Waals surface area (Å²) < 4.78 is 5.23. The summed E-state index contributed by atoms with van der Waals surface area (Å²) in [7, 11) is 1.86. The number of ether oxygens (including phenoxy) is 1. The number of nitrogens with zero attached hydrogens (tertiary/aromatic N) is 2. The Morgan fingerprint density at radius 3 is 2.32 bits per heavy atom. The average molecular weight is 270 g/mol. The second-order valence-electron chi connectivity index (χ2n) is 6.16. The van der Waals surface area contributed by atoms with E-state index in [-0.39, 0.29) is 11.9 Å². The summed E-state index contributed by atoms with van der Waals surface area (Å²) in [6.07, 6.45) is 2.53. The van der Waals surface area contributed by atoms with Crippen LogP contribution < -0.4 is 0 Å². The summed E-state index contributed by atoms with van der Waals surface area (Å²) in [6, 6.07) is 0. The number of hydrogen-bond acceptors (Lipinski definition) is 4. The van der Waals surface area contributed by atoms with Crippen molar-refractivity contribution in [2.45, 2.75) is 45.6 Å². The minimum Gasteiger partial charge on any atom is -0.460 e. The van der Waals surface area contributed by atoms with E-state index < -0.39 is 5.60 Å². The molecule has 110 valence electrons. The van der Waals surface area contributed by atoms with E-state index in [9.17, 15) is 9.59 Å². The van der Waals surface area contributed by atoms with Gasteiger partial charge >= 0.3 is 5.97 Å². The largest absolute Gasteiger partial charge is 0.460 e. The van der Waals surface area contributed by atoms with Crippen molar-refractivity contribution in [3.05, 3.63) is 0 Å². The number of carbonyl (C=O) groups excluding carboxylic acids is 2. The van der Waals surface area contributed by atoms with Gasteiger partial charge in [0.15, 0.2) is 0 Å². The van der Waals surface area contributed by atoms with E-state index in [1.807, 2.05) is 37.6 Å². The number of likely N-dealkylation sites (tertiary alicyclic amines) is 1. The molecule has 0 bridgehead atoms. The average Bonchev–Trinajstić information content (AvgIpc) is 2.77. The highest BCUT2D eigenvalue weighted by atomic mass is 16.6. The standard InChI is InChI=1S/C14H26N2O3/c1-14(2,3)19-13(18)7-10-15(4)11-12(17)16-8-5-6-9-16/h5-11H2,1-4H3. The van der Waals surface area contributed by atoms with E-state index in [4.69, 9.17) is 4.74 Å². The van der Waals surface area contributed by atoms with Gasteiger partial charge in [-0.2, -0.15) is 0 Å². The molecule has 1 amide bonds. The molecule has 5 heteroatoms. The van der Waals surface area contributed by atoms with Crippen LogP contribution in [0.5, 0.6) is 0 Å². The zero-order chi connectivity index (χ0) is 14.5. The first-order valence-electron chi connectivity index (χ1n) is 6.96. The lowest BCUT2D eigenvalue weighted by Gasteiger charge is -2.22. The molecule has 0 aromatic heterocycles. The molecular weight excluding hydrogens is 244 g/mol. The predicted molar refractivity (Wildman–Crippen MR) is 73.8 cm³/mol. The molecule has 0 aliphatic carbocycles. The molecular formula is C14H26N2O3. The summed E-state index contributed by atoms with van der Waals surface area (Å²) in [5.74, 6) is -0.0582. The molecule has 1 aliphatic rings. The third kappa shape index (κ3) is 6.57. The van der Waals surface area contributed by atoms with Gasteiger partial charge in [0, 0.05) is 19.6 Å². The molecule has 0 aromatic carbocycles. The summed E-state index contributed by atoms with van der Waals surface area (Å²) in [5, 5.41) is 0. The first-order chi connectivity index (χ1) is 8.78. The van der Waals surface area contributed by atoms with Gasteiger partial charge < -0.3 is 9.64 Å². The maximum Gasteiger partial charge on any atom is 0.307 e. The molecule has 0 radical (unpaired) electrons. The van der Waals surface area contributed by atoms with Crippen LogP contribution >= 0.6 is 0 Å². The SMILES string of the molecule is CN(CCC(=O)OC(C)(C)C)CC(=O)N1CCCC1. The summed E-state index contributed by atoms with van der Waals surface area (Å²) in [6.45, 7) is 8.23. The highest BCUT2D eigenvalue weighted by Gasteiger charge is 2.20. The molecule has 0 spiro atoms. The maximum atomic E-state index is 11.9. The van der Waals surface area contributed by atoms with Gasteiger partial charge in [0.1, 0.15) is 5.60 Å². The lowest BCUT2D eigenvalue weighted by molar-refractivity contribution is -0.155. The van der Waals surface area contributed by atoms with Crippen molar-refractivity contribution in [3.8, 4) is 0 Å². The first-order valence-corrected chi connectivity index (χ1v) is 6.96. The highest BCUT2D eigenvalue weighted by molar-refractivity contribution is 5.78. The normalized spacial score (nSPS) is 15.9. The Kier molecular flexibility index (Phi) is 5.79. The molecule has 0 saturated carbocycles. The van der Waals surface area contributed by atoms with E-state index in [0.717, 1.165) is 25.9 Å². The number of esters is 1. The third-order valence-corrected chi connectivity index (χ3v) is 2.98. The van der Waals surface area contributed by atoms with Crippen LogP contribution in [0.2, 0.25) is 0 Å². The number of hydrogen-bond donors (Lipinski definition) is 0. The Bertz CT molecular complexity index is 317. The molecule has 1 fully saturated rings. The van der Waals surface area contributed by atoms with Gasteiger partial charge in [0.25, 0.3) is 0 Å². The lowest BCUT2D eigenvalue weighted by atomic mass is 10.2. The zero-order valence-corrected chi connectivity index (χ0v) is 12.6. The zero-order valence-electron chi connectivity index (χ0n) is 12.6. The van der Waals surface area contributed by atoms with Gasteiger partial charge in [0.05, 0.1) is 13.0 Å². The Labute approximate surface area is 115 Å². The van der Waals surface area contributed by atoms with Crippen LogP contribution in [0, 0.1) is 0 Å². The van der Waals surface area contributed by atoms with Crippen molar-refractivity contribution in [2.75, 3.05) is 33.2 Å². The topological polar surface area (TPSA) is 49.9 Å². The van der Waals surface area contributed by atoms with Crippen LogP contribution in [0.3, 0.4) is 0 Å². The van der Waals surface area contributed by atoms with Crippen LogP contribution in [0.4, 0.5) is 0 Å². The van der Waals surface area contributed by atoms with Gasteiger partial charge in [-0.05, 0) is 40.7 Å². The van der Waals surface area contributed by atoms with Crippen LogP contribution in [0.1, 0.15) is 40.0 Å².